The topological polar surface area (TPSA) is 35.5 Å². The van der Waals surface area contributed by atoms with Crippen LogP contribution in [0.1, 0.15) is 194 Å². The van der Waals surface area contributed by atoms with Crippen LogP contribution < -0.4 is 0 Å². The highest BCUT2D eigenvalue weighted by Crippen LogP contribution is 2.49. The van der Waals surface area contributed by atoms with Gasteiger partial charge < -0.3 is 9.05 Å². The van der Waals surface area contributed by atoms with Gasteiger partial charge in [0.25, 0.3) is 0 Å². The van der Waals surface area contributed by atoms with Gasteiger partial charge in [-0.3, -0.25) is 4.57 Å². The zero-order chi connectivity index (χ0) is 27.1. The lowest BCUT2D eigenvalue weighted by atomic mass is 10.1. The van der Waals surface area contributed by atoms with Crippen molar-refractivity contribution in [3.05, 3.63) is 0 Å². The first-order chi connectivity index (χ1) is 18.2. The van der Waals surface area contributed by atoms with Gasteiger partial charge in [0.05, 0.1) is 19.4 Å². The van der Waals surface area contributed by atoms with Crippen molar-refractivity contribution in [3.63, 3.8) is 0 Å². The van der Waals surface area contributed by atoms with Crippen molar-refractivity contribution < 1.29 is 13.6 Å². The molecule has 3 nitrogen and oxygen atoms in total. The van der Waals surface area contributed by atoms with E-state index in [1.54, 1.807) is 0 Å². The van der Waals surface area contributed by atoms with Crippen LogP contribution in [0.15, 0.2) is 0 Å². The summed E-state index contributed by atoms with van der Waals surface area (Å²) in [5, 5.41) is 0. The highest BCUT2D eigenvalue weighted by molar-refractivity contribution is 7.53. The number of rotatable bonds is 32. The van der Waals surface area contributed by atoms with E-state index < -0.39 is 7.60 Å². The second-order valence-corrected chi connectivity index (χ2v) is 13.7. The van der Waals surface area contributed by atoms with E-state index in [1.807, 2.05) is 0 Å². The Balaban J connectivity index is 4.06. The zero-order valence-electron chi connectivity index (χ0n) is 25.9. The van der Waals surface area contributed by atoms with Gasteiger partial charge in [-0.25, -0.2) is 0 Å². The molecule has 0 bridgehead atoms. The van der Waals surface area contributed by atoms with Crippen molar-refractivity contribution in [3.8, 4) is 0 Å². The van der Waals surface area contributed by atoms with Gasteiger partial charge in [-0.2, -0.15) is 0 Å². The second kappa shape index (κ2) is 30.7. The number of hydrogen-bond acceptors (Lipinski definition) is 3. The fourth-order valence-corrected chi connectivity index (χ4v) is 6.77. The molecule has 0 atom stereocenters. The molecule has 0 rings (SSSR count). The molecule has 224 valence electrons. The first-order valence-corrected chi connectivity index (χ1v) is 18.8. The lowest BCUT2D eigenvalue weighted by Gasteiger charge is -2.19. The lowest BCUT2D eigenvalue weighted by Crippen LogP contribution is -2.04. The Labute approximate surface area is 234 Å². The van der Waals surface area contributed by atoms with Crippen LogP contribution in [-0.2, 0) is 13.6 Å². The molecule has 0 aliphatic carbocycles. The van der Waals surface area contributed by atoms with Crippen LogP contribution in [0.5, 0.6) is 0 Å². The third-order valence-electron chi connectivity index (χ3n) is 7.61. The summed E-state index contributed by atoms with van der Waals surface area (Å²) in [6.07, 6.45) is 35.3. The average molecular weight is 545 g/mol. The van der Waals surface area contributed by atoms with Gasteiger partial charge in [0.2, 0.25) is 0 Å². The van der Waals surface area contributed by atoms with E-state index in [0.29, 0.717) is 19.4 Å². The fraction of sp³-hybridized carbons (Fsp3) is 1.00. The fourth-order valence-electron chi connectivity index (χ4n) is 5.02. The molecule has 0 aromatic rings. The minimum Gasteiger partial charge on any atom is -0.309 e. The molecule has 0 aromatic carbocycles. The molecule has 0 spiro atoms. The minimum atomic E-state index is -2.94. The van der Waals surface area contributed by atoms with Crippen LogP contribution in [0.3, 0.4) is 0 Å². The van der Waals surface area contributed by atoms with Gasteiger partial charge in [-0.1, -0.05) is 175 Å². The SMILES string of the molecule is CCCCCCCCCCCOP(=O)(CCCCCCCCCCC)OCCCCCCCCCCC. The first kappa shape index (κ1) is 37.1. The molecule has 0 saturated carbocycles. The summed E-state index contributed by atoms with van der Waals surface area (Å²) >= 11 is 0. The standard InChI is InChI=1S/C33H69O3P/c1-4-7-10-13-16-19-22-25-28-31-35-37(34,33-30-27-24-21-18-15-12-9-6-3)36-32-29-26-23-20-17-14-11-8-5-2/h4-33H2,1-3H3. The Morgan fingerprint density at radius 2 is 0.595 bits per heavy atom. The third-order valence-corrected chi connectivity index (χ3v) is 9.62. The largest absolute Gasteiger partial charge is 0.330 e. The monoisotopic (exact) mass is 544 g/mol. The van der Waals surface area contributed by atoms with E-state index in [-0.39, 0.29) is 0 Å². The molecule has 0 unspecified atom stereocenters. The number of unbranched alkanes of at least 4 members (excludes halogenated alkanes) is 24. The minimum absolute atomic E-state index is 0.600. The van der Waals surface area contributed by atoms with Crippen LogP contribution >= 0.6 is 7.60 Å². The van der Waals surface area contributed by atoms with Gasteiger partial charge >= 0.3 is 7.60 Å². The van der Waals surface area contributed by atoms with Gasteiger partial charge in [0.15, 0.2) is 0 Å². The molecule has 0 aromatic heterocycles. The summed E-state index contributed by atoms with van der Waals surface area (Å²) in [6, 6.07) is 0. The molecule has 0 radical (unpaired) electrons. The summed E-state index contributed by atoms with van der Waals surface area (Å²) in [4.78, 5) is 0. The molecule has 0 amide bonds. The van der Waals surface area contributed by atoms with Crippen LogP contribution in [0, 0.1) is 0 Å². The molecular formula is C33H69O3P. The van der Waals surface area contributed by atoms with Gasteiger partial charge in [-0.05, 0) is 19.3 Å². The zero-order valence-corrected chi connectivity index (χ0v) is 26.8. The second-order valence-electron chi connectivity index (χ2n) is 11.5. The molecule has 0 fully saturated rings. The van der Waals surface area contributed by atoms with E-state index in [0.717, 1.165) is 25.7 Å². The summed E-state index contributed by atoms with van der Waals surface area (Å²) in [6.45, 7) is 8.02. The molecule has 37 heavy (non-hydrogen) atoms. The molecule has 4 heteroatoms. The molecule has 0 heterocycles. The van der Waals surface area contributed by atoms with E-state index in [9.17, 15) is 4.57 Å². The molecule has 0 N–H and O–H groups in total. The van der Waals surface area contributed by atoms with E-state index in [4.69, 9.17) is 9.05 Å². The quantitative estimate of drug-likeness (QED) is 0.0624. The van der Waals surface area contributed by atoms with Gasteiger partial charge in [0.1, 0.15) is 0 Å². The first-order valence-electron chi connectivity index (χ1n) is 17.1. The predicted octanol–water partition coefficient (Wildman–Crippen LogP) is 12.8. The van der Waals surface area contributed by atoms with Crippen molar-refractivity contribution in [1.29, 1.82) is 0 Å². The highest BCUT2D eigenvalue weighted by atomic mass is 31.2. The van der Waals surface area contributed by atoms with E-state index in [2.05, 4.69) is 20.8 Å². The average Bonchev–Trinajstić information content (AvgIpc) is 2.90. The highest BCUT2D eigenvalue weighted by Gasteiger charge is 2.23. The Morgan fingerprint density at radius 1 is 0.351 bits per heavy atom. The molecule has 0 aliphatic heterocycles. The molecular weight excluding hydrogens is 475 g/mol. The van der Waals surface area contributed by atoms with E-state index in [1.165, 1.54) is 148 Å². The van der Waals surface area contributed by atoms with Gasteiger partial charge in [-0.15, -0.1) is 0 Å². The normalized spacial score (nSPS) is 12.0. The van der Waals surface area contributed by atoms with Crippen molar-refractivity contribution >= 4 is 7.60 Å². The van der Waals surface area contributed by atoms with Crippen molar-refractivity contribution in [1.82, 2.24) is 0 Å². The maximum atomic E-state index is 13.4. The smallest absolute Gasteiger partial charge is 0.309 e. The van der Waals surface area contributed by atoms with Crippen molar-refractivity contribution in [2.24, 2.45) is 0 Å². The summed E-state index contributed by atoms with van der Waals surface area (Å²) < 4.78 is 25.4. The molecule has 0 aliphatic rings. The van der Waals surface area contributed by atoms with Gasteiger partial charge in [0, 0.05) is 0 Å². The Morgan fingerprint density at radius 3 is 0.892 bits per heavy atom. The number of hydrogen-bond donors (Lipinski definition) is 0. The maximum Gasteiger partial charge on any atom is 0.330 e. The Hall–Kier alpha value is 0.150. The maximum absolute atomic E-state index is 13.4. The van der Waals surface area contributed by atoms with Crippen LogP contribution in [0.2, 0.25) is 0 Å². The third kappa shape index (κ3) is 29.0. The van der Waals surface area contributed by atoms with E-state index >= 15 is 0 Å². The summed E-state index contributed by atoms with van der Waals surface area (Å²) in [7, 11) is -2.94. The Kier molecular flexibility index (Phi) is 30.8. The molecule has 0 saturated heterocycles. The Bertz CT molecular complexity index is 440. The predicted molar refractivity (Wildman–Crippen MR) is 166 cm³/mol. The summed E-state index contributed by atoms with van der Waals surface area (Å²) in [5.41, 5.74) is 0. The lowest BCUT2D eigenvalue weighted by molar-refractivity contribution is 0.197. The van der Waals surface area contributed by atoms with Crippen LogP contribution in [-0.4, -0.2) is 19.4 Å². The van der Waals surface area contributed by atoms with Crippen LogP contribution in [0.25, 0.3) is 0 Å². The van der Waals surface area contributed by atoms with Crippen molar-refractivity contribution in [2.45, 2.75) is 194 Å². The van der Waals surface area contributed by atoms with Crippen LogP contribution in [0.4, 0.5) is 0 Å². The summed E-state index contributed by atoms with van der Waals surface area (Å²) in [5.74, 6) is 0. The van der Waals surface area contributed by atoms with Crippen molar-refractivity contribution in [2.75, 3.05) is 19.4 Å².